The molecule has 0 N–H and O–H groups in total. The third-order valence-electron chi connectivity index (χ3n) is 5.95. The molecule has 26 heavy (non-hydrogen) atoms. The molecular formula is C18H27N5O2S. The van der Waals surface area contributed by atoms with Crippen LogP contribution in [-0.2, 0) is 30.0 Å². The van der Waals surface area contributed by atoms with Crippen molar-refractivity contribution in [2.75, 3.05) is 13.1 Å². The molecule has 2 aromatic heterocycles. The smallest absolute Gasteiger partial charge is 0.246 e. The van der Waals surface area contributed by atoms with Gasteiger partial charge in [0.15, 0.2) is 0 Å². The van der Waals surface area contributed by atoms with Gasteiger partial charge in [-0.25, -0.2) is 13.4 Å². The molecular weight excluding hydrogens is 350 g/mol. The molecule has 0 amide bonds. The van der Waals surface area contributed by atoms with Gasteiger partial charge < -0.3 is 4.57 Å². The first-order chi connectivity index (χ1) is 12.4. The molecule has 0 saturated carbocycles. The number of hydrogen-bond acceptors (Lipinski definition) is 4. The summed E-state index contributed by atoms with van der Waals surface area (Å²) < 4.78 is 31.6. The predicted molar refractivity (Wildman–Crippen MR) is 98.6 cm³/mol. The number of hydrogen-bond donors (Lipinski definition) is 0. The van der Waals surface area contributed by atoms with Crippen LogP contribution in [0.3, 0.4) is 0 Å². The zero-order valence-electron chi connectivity index (χ0n) is 15.8. The summed E-state index contributed by atoms with van der Waals surface area (Å²) in [5.74, 6) is 1.61. The van der Waals surface area contributed by atoms with E-state index in [4.69, 9.17) is 4.98 Å². The van der Waals surface area contributed by atoms with Gasteiger partial charge in [-0.2, -0.15) is 9.40 Å². The Morgan fingerprint density at radius 2 is 1.85 bits per heavy atom. The number of nitrogens with zero attached hydrogens (tertiary/aromatic N) is 5. The Balaban J connectivity index is 1.53. The van der Waals surface area contributed by atoms with Crippen molar-refractivity contribution >= 4 is 10.0 Å². The van der Waals surface area contributed by atoms with Crippen LogP contribution in [0.25, 0.3) is 0 Å². The molecule has 142 valence electrons. The van der Waals surface area contributed by atoms with Crippen LogP contribution in [0.1, 0.15) is 54.5 Å². The Morgan fingerprint density at radius 1 is 1.12 bits per heavy atom. The maximum Gasteiger partial charge on any atom is 0.246 e. The molecule has 1 fully saturated rings. The van der Waals surface area contributed by atoms with Crippen molar-refractivity contribution < 1.29 is 8.42 Å². The predicted octanol–water partition coefficient (Wildman–Crippen LogP) is 2.14. The van der Waals surface area contributed by atoms with E-state index in [1.165, 1.54) is 30.6 Å². The summed E-state index contributed by atoms with van der Waals surface area (Å²) in [6, 6.07) is 0. The quantitative estimate of drug-likeness (QED) is 0.821. The summed E-state index contributed by atoms with van der Waals surface area (Å²) in [7, 11) is -1.69. The van der Waals surface area contributed by atoms with E-state index in [2.05, 4.69) is 16.6 Å². The number of piperidine rings is 1. The highest BCUT2D eigenvalue weighted by Gasteiger charge is 2.34. The maximum atomic E-state index is 13.0. The molecule has 2 aliphatic heterocycles. The molecule has 0 aromatic carbocycles. The summed E-state index contributed by atoms with van der Waals surface area (Å²) >= 11 is 0. The third-order valence-corrected chi connectivity index (χ3v) is 7.95. The molecule has 4 rings (SSSR count). The highest BCUT2D eigenvalue weighted by Crippen LogP contribution is 2.34. The minimum absolute atomic E-state index is 0.330. The van der Waals surface area contributed by atoms with Crippen molar-refractivity contribution in [3.05, 3.63) is 29.1 Å². The van der Waals surface area contributed by atoms with Crippen LogP contribution in [0.5, 0.6) is 0 Å². The second-order valence-electron chi connectivity index (χ2n) is 7.50. The lowest BCUT2D eigenvalue weighted by molar-refractivity contribution is 0.310. The number of aryl methyl sites for hydroxylation is 3. The molecule has 0 atom stereocenters. The van der Waals surface area contributed by atoms with Crippen molar-refractivity contribution in [1.29, 1.82) is 0 Å². The van der Waals surface area contributed by atoms with Gasteiger partial charge in [0.25, 0.3) is 0 Å². The number of rotatable bonds is 3. The molecule has 2 aliphatic rings. The molecule has 8 heteroatoms. The van der Waals surface area contributed by atoms with Gasteiger partial charge in [0.2, 0.25) is 10.0 Å². The average molecular weight is 378 g/mol. The molecule has 0 bridgehead atoms. The van der Waals surface area contributed by atoms with Gasteiger partial charge in [-0.05, 0) is 39.5 Å². The van der Waals surface area contributed by atoms with Crippen LogP contribution < -0.4 is 0 Å². The summed E-state index contributed by atoms with van der Waals surface area (Å²) in [5, 5.41) is 4.09. The number of imidazole rings is 1. The lowest BCUT2D eigenvalue weighted by atomic mass is 9.93. The van der Waals surface area contributed by atoms with Crippen molar-refractivity contribution in [3.8, 4) is 0 Å². The first-order valence-corrected chi connectivity index (χ1v) is 10.9. The fourth-order valence-electron chi connectivity index (χ4n) is 4.40. The van der Waals surface area contributed by atoms with Crippen molar-refractivity contribution in [3.63, 3.8) is 0 Å². The van der Waals surface area contributed by atoms with Gasteiger partial charge in [0.05, 0.1) is 17.6 Å². The van der Waals surface area contributed by atoms with Crippen LogP contribution in [0.15, 0.2) is 11.1 Å². The molecule has 1 saturated heterocycles. The van der Waals surface area contributed by atoms with E-state index in [0.29, 0.717) is 29.6 Å². The minimum Gasteiger partial charge on any atom is -0.331 e. The molecule has 2 aromatic rings. The van der Waals surface area contributed by atoms with E-state index < -0.39 is 10.0 Å². The highest BCUT2D eigenvalue weighted by molar-refractivity contribution is 7.89. The maximum absolute atomic E-state index is 13.0. The average Bonchev–Trinajstić information content (AvgIpc) is 3.14. The lowest BCUT2D eigenvalue weighted by Gasteiger charge is -2.32. The van der Waals surface area contributed by atoms with Gasteiger partial charge >= 0.3 is 0 Å². The normalized spacial score (nSPS) is 19.7. The lowest BCUT2D eigenvalue weighted by Crippen LogP contribution is -2.38. The van der Waals surface area contributed by atoms with Crippen LogP contribution in [0.4, 0.5) is 0 Å². The standard InChI is InChI=1S/C18H27N5O2S/c1-13-18(23-9-5-4-6-17(23)20-13)15-7-10-22(11-8-15)26(24,25)16-12-19-21(3)14(16)2/h12,15H,4-11H2,1-3H3. The van der Waals surface area contributed by atoms with Gasteiger partial charge in [-0.3, -0.25) is 4.68 Å². The monoisotopic (exact) mass is 377 g/mol. The van der Waals surface area contributed by atoms with Gasteiger partial charge in [0.1, 0.15) is 10.7 Å². The first kappa shape index (κ1) is 17.7. The zero-order valence-corrected chi connectivity index (χ0v) is 16.6. The molecule has 7 nitrogen and oxygen atoms in total. The van der Waals surface area contributed by atoms with E-state index in [9.17, 15) is 8.42 Å². The van der Waals surface area contributed by atoms with Gasteiger partial charge in [0, 0.05) is 44.7 Å². The highest BCUT2D eigenvalue weighted by atomic mass is 32.2. The van der Waals surface area contributed by atoms with Crippen molar-refractivity contribution in [1.82, 2.24) is 23.6 Å². The van der Waals surface area contributed by atoms with Gasteiger partial charge in [-0.15, -0.1) is 0 Å². The molecule has 0 unspecified atom stereocenters. The number of sulfonamides is 1. The fourth-order valence-corrected chi connectivity index (χ4v) is 6.05. The Bertz CT molecular complexity index is 920. The molecule has 0 spiro atoms. The third kappa shape index (κ3) is 2.79. The first-order valence-electron chi connectivity index (χ1n) is 9.44. The second kappa shape index (κ2) is 6.49. The SMILES string of the molecule is Cc1nc2n(c1C1CCN(S(=O)(=O)c3cnn(C)c3C)CC1)CCCC2. The molecule has 4 heterocycles. The summed E-state index contributed by atoms with van der Waals surface area (Å²) in [6.07, 6.45) is 6.66. The zero-order chi connectivity index (χ0) is 18.5. The van der Waals surface area contributed by atoms with Crippen LogP contribution >= 0.6 is 0 Å². The number of fused-ring (bicyclic) bond motifs is 1. The van der Waals surface area contributed by atoms with Crippen molar-refractivity contribution in [2.24, 2.45) is 7.05 Å². The summed E-state index contributed by atoms with van der Waals surface area (Å²) in [5.41, 5.74) is 3.16. The van der Waals surface area contributed by atoms with E-state index in [0.717, 1.165) is 31.5 Å². The number of aromatic nitrogens is 4. The molecule has 0 radical (unpaired) electrons. The largest absolute Gasteiger partial charge is 0.331 e. The Kier molecular flexibility index (Phi) is 4.43. The Hall–Kier alpha value is -1.67. The van der Waals surface area contributed by atoms with E-state index in [1.807, 2.05) is 0 Å². The van der Waals surface area contributed by atoms with Crippen LogP contribution in [-0.4, -0.2) is 45.1 Å². The Labute approximate surface area is 155 Å². The van der Waals surface area contributed by atoms with Crippen LogP contribution in [0, 0.1) is 13.8 Å². The van der Waals surface area contributed by atoms with Crippen molar-refractivity contribution in [2.45, 2.75) is 63.3 Å². The molecule has 0 aliphatic carbocycles. The summed E-state index contributed by atoms with van der Waals surface area (Å²) in [6.45, 7) is 6.07. The minimum atomic E-state index is -3.46. The van der Waals surface area contributed by atoms with E-state index >= 15 is 0 Å². The van der Waals surface area contributed by atoms with Gasteiger partial charge in [-0.1, -0.05) is 0 Å². The Morgan fingerprint density at radius 3 is 2.50 bits per heavy atom. The second-order valence-corrected chi connectivity index (χ2v) is 9.41. The topological polar surface area (TPSA) is 73.0 Å². The van der Waals surface area contributed by atoms with E-state index in [1.54, 1.807) is 23.0 Å². The summed E-state index contributed by atoms with van der Waals surface area (Å²) in [4.78, 5) is 5.11. The fraction of sp³-hybridized carbons (Fsp3) is 0.667. The van der Waals surface area contributed by atoms with E-state index in [-0.39, 0.29) is 0 Å². The van der Waals surface area contributed by atoms with Crippen LogP contribution in [0.2, 0.25) is 0 Å².